The molecule has 0 aliphatic rings. The molecule has 3 rings (SSSR count). The largest absolute Gasteiger partial charge is 0.484 e. The van der Waals surface area contributed by atoms with Crippen molar-refractivity contribution in [1.82, 2.24) is 9.97 Å². The lowest BCUT2D eigenvalue weighted by molar-refractivity contribution is -0.118. The normalized spacial score (nSPS) is 10.2. The minimum Gasteiger partial charge on any atom is -0.484 e. The number of hydrogen-bond acceptors (Lipinski definition) is 6. The van der Waals surface area contributed by atoms with Gasteiger partial charge in [0.15, 0.2) is 11.7 Å². The number of amides is 2. The molecule has 2 amide bonds. The van der Waals surface area contributed by atoms with Crippen LogP contribution in [0.4, 0.5) is 5.13 Å². The molecule has 0 spiro atoms. The quantitative estimate of drug-likeness (QED) is 0.706. The van der Waals surface area contributed by atoms with Crippen molar-refractivity contribution in [3.05, 3.63) is 59.7 Å². The average molecular weight is 354 g/mol. The zero-order chi connectivity index (χ0) is 17.6. The number of ether oxygens (including phenoxy) is 1. The van der Waals surface area contributed by atoms with Crippen molar-refractivity contribution >= 4 is 28.3 Å². The lowest BCUT2D eigenvalue weighted by Gasteiger charge is -2.06. The van der Waals surface area contributed by atoms with E-state index in [-0.39, 0.29) is 12.5 Å². The zero-order valence-electron chi connectivity index (χ0n) is 13.0. The van der Waals surface area contributed by atoms with Crippen LogP contribution >= 0.6 is 11.3 Å². The fourth-order valence-electron chi connectivity index (χ4n) is 2.01. The highest BCUT2D eigenvalue weighted by molar-refractivity contribution is 7.14. The Labute approximate surface area is 147 Å². The van der Waals surface area contributed by atoms with Crippen molar-refractivity contribution in [2.75, 3.05) is 11.9 Å². The van der Waals surface area contributed by atoms with E-state index in [1.807, 2.05) is 17.5 Å². The molecular formula is C17H14N4O3S. The molecule has 7 nitrogen and oxygen atoms in total. The molecule has 126 valence electrons. The maximum absolute atomic E-state index is 12.0. The van der Waals surface area contributed by atoms with Crippen LogP contribution in [0.3, 0.4) is 0 Å². The number of pyridine rings is 1. The number of nitrogens with one attached hydrogen (secondary N) is 1. The summed E-state index contributed by atoms with van der Waals surface area (Å²) in [6, 6.07) is 9.93. The Morgan fingerprint density at radius 1 is 1.12 bits per heavy atom. The lowest BCUT2D eigenvalue weighted by Crippen LogP contribution is -2.20. The van der Waals surface area contributed by atoms with Gasteiger partial charge in [-0.1, -0.05) is 0 Å². The summed E-state index contributed by atoms with van der Waals surface area (Å²) in [4.78, 5) is 31.3. The lowest BCUT2D eigenvalue weighted by atomic mass is 10.2. The summed E-state index contributed by atoms with van der Waals surface area (Å²) >= 11 is 1.33. The Morgan fingerprint density at radius 3 is 2.52 bits per heavy atom. The number of nitrogens with two attached hydrogens (primary N) is 1. The smallest absolute Gasteiger partial charge is 0.264 e. The summed E-state index contributed by atoms with van der Waals surface area (Å²) in [5.74, 6) is -0.371. The first-order valence-electron chi connectivity index (χ1n) is 7.30. The van der Waals surface area contributed by atoms with Gasteiger partial charge in [0.05, 0.1) is 5.69 Å². The van der Waals surface area contributed by atoms with Gasteiger partial charge in [0.25, 0.3) is 5.91 Å². The van der Waals surface area contributed by atoms with Gasteiger partial charge in [0.2, 0.25) is 5.91 Å². The molecule has 0 radical (unpaired) electrons. The van der Waals surface area contributed by atoms with Crippen LogP contribution in [0.5, 0.6) is 5.75 Å². The molecule has 0 saturated heterocycles. The number of carbonyl (C=O) groups is 2. The van der Waals surface area contributed by atoms with Crippen LogP contribution in [0.25, 0.3) is 11.3 Å². The molecule has 0 aliphatic heterocycles. The van der Waals surface area contributed by atoms with Crippen LogP contribution in [0.1, 0.15) is 10.4 Å². The molecule has 0 aliphatic carbocycles. The van der Waals surface area contributed by atoms with Crippen LogP contribution in [-0.4, -0.2) is 28.4 Å². The Balaban J connectivity index is 1.54. The predicted molar refractivity (Wildman–Crippen MR) is 94.4 cm³/mol. The molecule has 3 N–H and O–H groups in total. The standard InChI is InChI=1S/C17H14N4O3S/c18-16(23)12-1-3-13(4-2-12)24-9-15(22)21-17-20-14(10-25-17)11-5-7-19-8-6-11/h1-8,10H,9H2,(H2,18,23)(H,20,21,22). The van der Waals surface area contributed by atoms with Gasteiger partial charge in [-0.2, -0.15) is 0 Å². The maximum Gasteiger partial charge on any atom is 0.264 e. The van der Waals surface area contributed by atoms with Crippen molar-refractivity contribution in [1.29, 1.82) is 0 Å². The molecule has 25 heavy (non-hydrogen) atoms. The van der Waals surface area contributed by atoms with E-state index in [0.717, 1.165) is 11.3 Å². The van der Waals surface area contributed by atoms with E-state index in [2.05, 4.69) is 15.3 Å². The van der Waals surface area contributed by atoms with Gasteiger partial charge < -0.3 is 10.5 Å². The molecule has 2 heterocycles. The third kappa shape index (κ3) is 4.39. The Kier molecular flexibility index (Phi) is 5.00. The van der Waals surface area contributed by atoms with Gasteiger partial charge in [-0.3, -0.25) is 19.9 Å². The molecule has 0 saturated carbocycles. The summed E-state index contributed by atoms with van der Waals surface area (Å²) in [6.07, 6.45) is 3.37. The van der Waals surface area contributed by atoms with E-state index in [1.165, 1.54) is 23.5 Å². The van der Waals surface area contributed by atoms with Gasteiger partial charge in [-0.15, -0.1) is 11.3 Å². The second-order valence-electron chi connectivity index (χ2n) is 5.00. The van der Waals surface area contributed by atoms with Crippen LogP contribution in [0.2, 0.25) is 0 Å². The molecule has 2 aromatic heterocycles. The molecule has 0 fully saturated rings. The number of anilines is 1. The van der Waals surface area contributed by atoms with Gasteiger partial charge in [-0.25, -0.2) is 4.98 Å². The van der Waals surface area contributed by atoms with Crippen molar-refractivity contribution in [3.63, 3.8) is 0 Å². The number of carbonyl (C=O) groups excluding carboxylic acids is 2. The van der Waals surface area contributed by atoms with E-state index in [4.69, 9.17) is 10.5 Å². The monoisotopic (exact) mass is 354 g/mol. The highest BCUT2D eigenvalue weighted by Crippen LogP contribution is 2.24. The van der Waals surface area contributed by atoms with Gasteiger partial charge in [-0.05, 0) is 36.4 Å². The van der Waals surface area contributed by atoms with Crippen LogP contribution < -0.4 is 15.8 Å². The van der Waals surface area contributed by atoms with Gasteiger partial charge in [0.1, 0.15) is 5.75 Å². The number of benzene rings is 1. The van der Waals surface area contributed by atoms with E-state index in [9.17, 15) is 9.59 Å². The number of primary amides is 1. The molecule has 0 atom stereocenters. The van der Waals surface area contributed by atoms with Crippen molar-refractivity contribution < 1.29 is 14.3 Å². The molecule has 3 aromatic rings. The predicted octanol–water partition coefficient (Wildman–Crippen LogP) is 2.32. The van der Waals surface area contributed by atoms with E-state index < -0.39 is 5.91 Å². The molecule has 8 heteroatoms. The fourth-order valence-corrected chi connectivity index (χ4v) is 2.74. The summed E-state index contributed by atoms with van der Waals surface area (Å²) in [5.41, 5.74) is 7.24. The van der Waals surface area contributed by atoms with Crippen molar-refractivity contribution in [2.24, 2.45) is 5.73 Å². The third-order valence-electron chi connectivity index (χ3n) is 3.24. The number of aromatic nitrogens is 2. The van der Waals surface area contributed by atoms with Crippen LogP contribution in [-0.2, 0) is 4.79 Å². The van der Waals surface area contributed by atoms with E-state index >= 15 is 0 Å². The van der Waals surface area contributed by atoms with Crippen LogP contribution in [0, 0.1) is 0 Å². The highest BCUT2D eigenvalue weighted by atomic mass is 32.1. The zero-order valence-corrected chi connectivity index (χ0v) is 13.8. The topological polar surface area (TPSA) is 107 Å². The first-order valence-corrected chi connectivity index (χ1v) is 8.18. The molecule has 0 unspecified atom stereocenters. The van der Waals surface area contributed by atoms with E-state index in [0.29, 0.717) is 16.4 Å². The number of nitrogens with zero attached hydrogens (tertiary/aromatic N) is 2. The van der Waals surface area contributed by atoms with E-state index in [1.54, 1.807) is 24.5 Å². The average Bonchev–Trinajstić information content (AvgIpc) is 3.09. The minimum atomic E-state index is -0.516. The Bertz CT molecular complexity index is 878. The summed E-state index contributed by atoms with van der Waals surface area (Å²) in [5, 5.41) is 5.03. The molecular weight excluding hydrogens is 340 g/mol. The SMILES string of the molecule is NC(=O)c1ccc(OCC(=O)Nc2nc(-c3ccncc3)cs2)cc1. The summed E-state index contributed by atoms with van der Waals surface area (Å²) in [6.45, 7) is -0.167. The van der Waals surface area contributed by atoms with Gasteiger partial charge >= 0.3 is 0 Å². The Hall–Kier alpha value is -3.26. The molecule has 1 aromatic carbocycles. The van der Waals surface area contributed by atoms with Gasteiger partial charge in [0, 0.05) is 28.9 Å². The highest BCUT2D eigenvalue weighted by Gasteiger charge is 2.09. The van der Waals surface area contributed by atoms with Crippen molar-refractivity contribution in [3.8, 4) is 17.0 Å². The second-order valence-corrected chi connectivity index (χ2v) is 5.86. The molecule has 0 bridgehead atoms. The third-order valence-corrected chi connectivity index (χ3v) is 3.99. The Morgan fingerprint density at radius 2 is 1.84 bits per heavy atom. The number of thiazole rings is 1. The van der Waals surface area contributed by atoms with Crippen molar-refractivity contribution in [2.45, 2.75) is 0 Å². The fraction of sp³-hybridized carbons (Fsp3) is 0.0588. The second kappa shape index (κ2) is 7.54. The number of rotatable bonds is 6. The first kappa shape index (κ1) is 16.6. The minimum absolute atomic E-state index is 0.167. The first-order chi connectivity index (χ1) is 12.1. The van der Waals surface area contributed by atoms with Crippen LogP contribution in [0.15, 0.2) is 54.2 Å². The maximum atomic E-state index is 12.0. The summed E-state index contributed by atoms with van der Waals surface area (Å²) in [7, 11) is 0. The summed E-state index contributed by atoms with van der Waals surface area (Å²) < 4.78 is 5.37. The number of hydrogen-bond donors (Lipinski definition) is 2.